The van der Waals surface area contributed by atoms with Crippen LogP contribution in [0.3, 0.4) is 0 Å². The van der Waals surface area contributed by atoms with Gasteiger partial charge in [-0.2, -0.15) is 5.26 Å². The van der Waals surface area contributed by atoms with Gasteiger partial charge in [0, 0.05) is 6.07 Å². The third kappa shape index (κ3) is 5.09. The first-order valence-electron chi connectivity index (χ1n) is 10.4. The van der Waals surface area contributed by atoms with Crippen LogP contribution in [0.15, 0.2) is 96.6 Å². The third-order valence-electron chi connectivity index (χ3n) is 5.18. The summed E-state index contributed by atoms with van der Waals surface area (Å²) >= 11 is 0. The van der Waals surface area contributed by atoms with E-state index in [2.05, 4.69) is 23.5 Å². The normalized spacial score (nSPS) is 11.0. The van der Waals surface area contributed by atoms with Crippen LogP contribution in [0.25, 0.3) is 16.8 Å². The lowest BCUT2D eigenvalue weighted by molar-refractivity contribution is -0.383. The molecule has 0 radical (unpaired) electrons. The highest BCUT2D eigenvalue weighted by Crippen LogP contribution is 2.24. The number of nitro groups is 1. The van der Waals surface area contributed by atoms with Gasteiger partial charge in [0.05, 0.1) is 4.92 Å². The lowest BCUT2D eigenvalue weighted by Crippen LogP contribution is -2.14. The molecular formula is C27H19N3O4. The van der Waals surface area contributed by atoms with Gasteiger partial charge in [-0.05, 0) is 46.2 Å². The summed E-state index contributed by atoms with van der Waals surface area (Å²) < 4.78 is 5.92. The van der Waals surface area contributed by atoms with Crippen LogP contribution in [0.5, 0.6) is 5.75 Å². The molecule has 0 heterocycles. The smallest absolute Gasteiger partial charge is 0.292 e. The molecule has 0 spiro atoms. The van der Waals surface area contributed by atoms with E-state index in [4.69, 9.17) is 4.74 Å². The summed E-state index contributed by atoms with van der Waals surface area (Å²) in [7, 11) is 0. The van der Waals surface area contributed by atoms with Crippen LogP contribution in [0.4, 0.5) is 11.4 Å². The second-order valence-corrected chi connectivity index (χ2v) is 7.39. The molecule has 0 aromatic heterocycles. The summed E-state index contributed by atoms with van der Waals surface area (Å²) in [5, 5.41) is 25.3. The summed E-state index contributed by atoms with van der Waals surface area (Å²) in [6.07, 6.45) is 1.42. The van der Waals surface area contributed by atoms with Crippen LogP contribution in [0, 0.1) is 21.4 Å². The quantitative estimate of drug-likeness (QED) is 0.164. The molecule has 0 saturated carbocycles. The second kappa shape index (κ2) is 10.1. The van der Waals surface area contributed by atoms with Crippen LogP contribution >= 0.6 is 0 Å². The Hall–Kier alpha value is -4.96. The minimum Gasteiger partial charge on any atom is -0.489 e. The van der Waals surface area contributed by atoms with Gasteiger partial charge in [0.2, 0.25) is 0 Å². The minimum atomic E-state index is -0.729. The van der Waals surface area contributed by atoms with Gasteiger partial charge >= 0.3 is 0 Å². The van der Waals surface area contributed by atoms with Crippen LogP contribution in [-0.2, 0) is 11.4 Å². The summed E-state index contributed by atoms with van der Waals surface area (Å²) in [6, 6.07) is 28.7. The number of amides is 1. The van der Waals surface area contributed by atoms with E-state index in [1.54, 1.807) is 30.3 Å². The topological polar surface area (TPSA) is 105 Å². The Kier molecular flexibility index (Phi) is 6.61. The largest absolute Gasteiger partial charge is 0.489 e. The average Bonchev–Trinajstić information content (AvgIpc) is 2.86. The second-order valence-electron chi connectivity index (χ2n) is 7.39. The highest BCUT2D eigenvalue weighted by molar-refractivity contribution is 6.10. The summed E-state index contributed by atoms with van der Waals surface area (Å²) in [5.74, 6) is -0.0824. The number of para-hydroxylation sites is 2. The van der Waals surface area contributed by atoms with E-state index < -0.39 is 10.8 Å². The van der Waals surface area contributed by atoms with Crippen molar-refractivity contribution in [1.82, 2.24) is 0 Å². The van der Waals surface area contributed by atoms with Crippen molar-refractivity contribution >= 4 is 34.1 Å². The van der Waals surface area contributed by atoms with Crippen molar-refractivity contribution in [1.29, 1.82) is 5.26 Å². The number of ether oxygens (including phenoxy) is 1. The number of benzene rings is 4. The zero-order chi connectivity index (χ0) is 23.9. The number of hydrogen-bond acceptors (Lipinski definition) is 5. The summed E-state index contributed by atoms with van der Waals surface area (Å²) in [5.41, 5.74) is 1.28. The molecule has 0 saturated heterocycles. The van der Waals surface area contributed by atoms with Crippen LogP contribution in [0.2, 0.25) is 0 Å². The molecule has 4 aromatic carbocycles. The lowest BCUT2D eigenvalue weighted by atomic mass is 10.1. The van der Waals surface area contributed by atoms with Crippen LogP contribution < -0.4 is 10.1 Å². The van der Waals surface area contributed by atoms with Crippen molar-refractivity contribution in [2.75, 3.05) is 5.32 Å². The number of carbonyl (C=O) groups is 1. The molecule has 166 valence electrons. The van der Waals surface area contributed by atoms with Crippen molar-refractivity contribution in [3.63, 3.8) is 0 Å². The number of nitrogens with zero attached hydrogens (tertiary/aromatic N) is 2. The lowest BCUT2D eigenvalue weighted by Gasteiger charge is -2.09. The fourth-order valence-electron chi connectivity index (χ4n) is 3.48. The number of nitriles is 1. The van der Waals surface area contributed by atoms with E-state index in [1.807, 2.05) is 30.3 Å². The maximum Gasteiger partial charge on any atom is 0.292 e. The molecule has 0 aliphatic rings. The predicted octanol–water partition coefficient (Wildman–Crippen LogP) is 5.87. The molecule has 0 aliphatic carbocycles. The van der Waals surface area contributed by atoms with E-state index in [-0.39, 0.29) is 16.9 Å². The average molecular weight is 449 g/mol. The first-order chi connectivity index (χ1) is 16.5. The molecule has 4 aromatic rings. The SMILES string of the molecule is N#CC(=Cc1ccc(OCc2cccc3ccccc23)cc1)C(=O)Nc1ccccc1[N+](=O)[O-]. The van der Waals surface area contributed by atoms with Crippen LogP contribution in [0.1, 0.15) is 11.1 Å². The number of rotatable bonds is 7. The number of fused-ring (bicyclic) bond motifs is 1. The van der Waals surface area contributed by atoms with Crippen molar-refractivity contribution in [3.8, 4) is 11.8 Å². The fraction of sp³-hybridized carbons (Fsp3) is 0.0370. The molecule has 0 bridgehead atoms. The number of carbonyl (C=O) groups excluding carboxylic acids is 1. The molecular weight excluding hydrogens is 430 g/mol. The first-order valence-corrected chi connectivity index (χ1v) is 10.4. The standard InChI is InChI=1S/C27H19N3O4/c28-17-22(27(31)29-25-10-3-4-11-26(25)30(32)33)16-19-12-14-23(15-13-19)34-18-21-8-5-7-20-6-1-2-9-24(20)21/h1-16H,18H2,(H,29,31). The Morgan fingerprint density at radius 1 is 0.971 bits per heavy atom. The summed E-state index contributed by atoms with van der Waals surface area (Å²) in [6.45, 7) is 0.401. The molecule has 1 N–H and O–H groups in total. The third-order valence-corrected chi connectivity index (χ3v) is 5.18. The van der Waals surface area contributed by atoms with Gasteiger partial charge in [0.1, 0.15) is 29.7 Å². The van der Waals surface area contributed by atoms with E-state index in [1.165, 1.54) is 24.3 Å². The van der Waals surface area contributed by atoms with Gasteiger partial charge in [-0.15, -0.1) is 0 Å². The molecule has 0 fully saturated rings. The van der Waals surface area contributed by atoms with Gasteiger partial charge in [0.25, 0.3) is 11.6 Å². The monoisotopic (exact) mass is 449 g/mol. The van der Waals surface area contributed by atoms with Crippen molar-refractivity contribution < 1.29 is 14.5 Å². The van der Waals surface area contributed by atoms with Crippen LogP contribution in [-0.4, -0.2) is 10.8 Å². The van der Waals surface area contributed by atoms with Gasteiger partial charge in [0.15, 0.2) is 0 Å². The molecule has 34 heavy (non-hydrogen) atoms. The maximum atomic E-state index is 12.5. The van der Waals surface area contributed by atoms with Crippen molar-refractivity contribution in [2.45, 2.75) is 6.61 Å². The zero-order valence-electron chi connectivity index (χ0n) is 18.0. The molecule has 7 heteroatoms. The first kappa shape index (κ1) is 22.2. The highest BCUT2D eigenvalue weighted by Gasteiger charge is 2.17. The number of nitrogens with one attached hydrogen (secondary N) is 1. The Balaban J connectivity index is 1.45. The molecule has 7 nitrogen and oxygen atoms in total. The predicted molar refractivity (Wildman–Crippen MR) is 130 cm³/mol. The highest BCUT2D eigenvalue weighted by atomic mass is 16.6. The number of anilines is 1. The van der Waals surface area contributed by atoms with E-state index >= 15 is 0 Å². The zero-order valence-corrected chi connectivity index (χ0v) is 18.0. The Morgan fingerprint density at radius 3 is 2.44 bits per heavy atom. The maximum absolute atomic E-state index is 12.5. The van der Waals surface area contributed by atoms with E-state index in [9.17, 15) is 20.2 Å². The van der Waals surface area contributed by atoms with E-state index in [0.717, 1.165) is 16.3 Å². The fourth-order valence-corrected chi connectivity index (χ4v) is 3.48. The van der Waals surface area contributed by atoms with Gasteiger partial charge < -0.3 is 10.1 Å². The Labute approximate surface area is 195 Å². The molecule has 4 rings (SSSR count). The minimum absolute atomic E-state index is 0.0239. The van der Waals surface area contributed by atoms with E-state index in [0.29, 0.717) is 17.9 Å². The molecule has 0 atom stereocenters. The van der Waals surface area contributed by atoms with Crippen molar-refractivity contribution in [2.24, 2.45) is 0 Å². The molecule has 0 aliphatic heterocycles. The summed E-state index contributed by atoms with van der Waals surface area (Å²) in [4.78, 5) is 23.0. The van der Waals surface area contributed by atoms with Crippen molar-refractivity contribution in [3.05, 3.63) is 118 Å². The van der Waals surface area contributed by atoms with Gasteiger partial charge in [-0.1, -0.05) is 66.7 Å². The molecule has 1 amide bonds. The number of nitro benzene ring substituents is 1. The number of hydrogen-bond donors (Lipinski definition) is 1. The Morgan fingerprint density at radius 2 is 1.68 bits per heavy atom. The van der Waals surface area contributed by atoms with Gasteiger partial charge in [-0.3, -0.25) is 14.9 Å². The van der Waals surface area contributed by atoms with Gasteiger partial charge in [-0.25, -0.2) is 0 Å². The Bertz CT molecular complexity index is 1430. The molecule has 0 unspecified atom stereocenters.